The molecule has 2 heterocycles. The highest BCUT2D eigenvalue weighted by atomic mass is 32.1. The van der Waals surface area contributed by atoms with Crippen LogP contribution in [0, 0.1) is 5.92 Å². The van der Waals surface area contributed by atoms with Gasteiger partial charge < -0.3 is 10.2 Å². The van der Waals surface area contributed by atoms with Gasteiger partial charge in [0.1, 0.15) is 0 Å². The highest BCUT2D eigenvalue weighted by Crippen LogP contribution is 2.25. The summed E-state index contributed by atoms with van der Waals surface area (Å²) in [5.41, 5.74) is 0.188. The number of likely N-dealkylation sites (N-methyl/N-ethyl adjacent to an activating group) is 1. The molecule has 1 aromatic rings. The van der Waals surface area contributed by atoms with E-state index >= 15 is 0 Å². The van der Waals surface area contributed by atoms with Gasteiger partial charge in [0.05, 0.1) is 0 Å². The first-order valence-electron chi connectivity index (χ1n) is 7.96. The Bertz CT molecular complexity index is 447. The van der Waals surface area contributed by atoms with Gasteiger partial charge in [-0.3, -0.25) is 4.90 Å². The van der Waals surface area contributed by atoms with E-state index in [4.69, 9.17) is 0 Å². The Balaban J connectivity index is 1.86. The quantitative estimate of drug-likeness (QED) is 0.902. The van der Waals surface area contributed by atoms with Crippen LogP contribution in [0.3, 0.4) is 0 Å². The minimum atomic E-state index is 0.188. The van der Waals surface area contributed by atoms with Gasteiger partial charge in [-0.15, -0.1) is 11.3 Å². The molecule has 0 amide bonds. The predicted octanol–water partition coefficient (Wildman–Crippen LogP) is 3.02. The van der Waals surface area contributed by atoms with Crippen LogP contribution in [-0.4, -0.2) is 48.6 Å². The van der Waals surface area contributed by atoms with Gasteiger partial charge in [-0.1, -0.05) is 6.92 Å². The molecule has 3 nitrogen and oxygen atoms in total. The smallest absolute Gasteiger partial charge is 0.0328 e. The van der Waals surface area contributed by atoms with E-state index in [-0.39, 0.29) is 5.54 Å². The first kappa shape index (κ1) is 16.9. The van der Waals surface area contributed by atoms with Gasteiger partial charge in [-0.2, -0.15) is 0 Å². The Morgan fingerprint density at radius 2 is 1.90 bits per heavy atom. The molecule has 0 aromatic carbocycles. The number of nitrogens with zero attached hydrogens (tertiary/aromatic N) is 2. The molecule has 120 valence electrons. The van der Waals surface area contributed by atoms with Crippen molar-refractivity contribution in [2.24, 2.45) is 5.92 Å². The van der Waals surface area contributed by atoms with Crippen LogP contribution in [0.2, 0.25) is 0 Å². The molecule has 21 heavy (non-hydrogen) atoms. The number of thiophene rings is 1. The normalized spacial score (nSPS) is 24.1. The largest absolute Gasteiger partial charge is 0.307 e. The van der Waals surface area contributed by atoms with Crippen LogP contribution in [0.4, 0.5) is 0 Å². The van der Waals surface area contributed by atoms with Gasteiger partial charge in [0, 0.05) is 47.5 Å². The number of likely N-dealkylation sites (tertiary alicyclic amines) is 1. The maximum Gasteiger partial charge on any atom is 0.0328 e. The molecule has 2 rings (SSSR count). The molecule has 1 aromatic heterocycles. The topological polar surface area (TPSA) is 18.5 Å². The minimum Gasteiger partial charge on any atom is -0.307 e. The molecule has 2 unspecified atom stereocenters. The lowest BCUT2D eigenvalue weighted by molar-refractivity contribution is 0.251. The van der Waals surface area contributed by atoms with Crippen LogP contribution >= 0.6 is 11.3 Å². The van der Waals surface area contributed by atoms with E-state index in [0.717, 1.165) is 19.0 Å². The van der Waals surface area contributed by atoms with Crippen molar-refractivity contribution in [1.82, 2.24) is 15.1 Å². The van der Waals surface area contributed by atoms with Gasteiger partial charge in [0.25, 0.3) is 0 Å². The molecule has 0 saturated carbocycles. The molecule has 0 bridgehead atoms. The van der Waals surface area contributed by atoms with Crippen molar-refractivity contribution in [2.75, 3.05) is 27.2 Å². The predicted molar refractivity (Wildman–Crippen MR) is 92.8 cm³/mol. The van der Waals surface area contributed by atoms with Crippen LogP contribution in [0.1, 0.15) is 37.4 Å². The van der Waals surface area contributed by atoms with E-state index in [0.29, 0.717) is 6.04 Å². The maximum absolute atomic E-state index is 3.56. The van der Waals surface area contributed by atoms with E-state index < -0.39 is 0 Å². The number of hydrogen-bond donors (Lipinski definition) is 1. The second-order valence-corrected chi connectivity index (χ2v) is 8.93. The molecule has 1 aliphatic rings. The third-order valence-corrected chi connectivity index (χ3v) is 5.27. The Kier molecular flexibility index (Phi) is 5.47. The second-order valence-electron chi connectivity index (χ2n) is 7.67. The van der Waals surface area contributed by atoms with E-state index in [1.54, 1.807) is 0 Å². The zero-order valence-electron chi connectivity index (χ0n) is 14.4. The van der Waals surface area contributed by atoms with E-state index in [9.17, 15) is 0 Å². The third kappa shape index (κ3) is 5.06. The Labute approximate surface area is 134 Å². The zero-order valence-corrected chi connectivity index (χ0v) is 15.3. The summed E-state index contributed by atoms with van der Waals surface area (Å²) in [5, 5.41) is 3.56. The molecule has 0 spiro atoms. The molecular formula is C17H31N3S. The SMILES string of the molecule is CC1CN(Cc2ccc(CNC(C)(C)C)s2)CC1N(C)C. The van der Waals surface area contributed by atoms with Gasteiger partial charge in [-0.25, -0.2) is 0 Å². The summed E-state index contributed by atoms with van der Waals surface area (Å²) >= 11 is 1.95. The summed E-state index contributed by atoms with van der Waals surface area (Å²) in [6, 6.07) is 5.28. The highest BCUT2D eigenvalue weighted by Gasteiger charge is 2.30. The average Bonchev–Trinajstić information content (AvgIpc) is 2.93. The lowest BCUT2D eigenvalue weighted by atomic mass is 10.1. The first-order chi connectivity index (χ1) is 9.74. The minimum absolute atomic E-state index is 0.188. The third-order valence-electron chi connectivity index (χ3n) is 4.20. The van der Waals surface area contributed by atoms with Crippen LogP contribution in [0.5, 0.6) is 0 Å². The lowest BCUT2D eigenvalue weighted by Gasteiger charge is -2.22. The summed E-state index contributed by atoms with van der Waals surface area (Å²) in [6.45, 7) is 13.5. The summed E-state index contributed by atoms with van der Waals surface area (Å²) < 4.78 is 0. The van der Waals surface area contributed by atoms with Gasteiger partial charge in [0.15, 0.2) is 0 Å². The van der Waals surface area contributed by atoms with Crippen LogP contribution in [-0.2, 0) is 13.1 Å². The molecule has 4 heteroatoms. The van der Waals surface area contributed by atoms with E-state index in [2.05, 4.69) is 69.0 Å². The van der Waals surface area contributed by atoms with Crippen LogP contribution in [0.15, 0.2) is 12.1 Å². The number of rotatable bonds is 5. The first-order valence-corrected chi connectivity index (χ1v) is 8.77. The van der Waals surface area contributed by atoms with Crippen molar-refractivity contribution >= 4 is 11.3 Å². The van der Waals surface area contributed by atoms with Crippen molar-refractivity contribution in [3.05, 3.63) is 21.9 Å². The molecule has 0 aliphatic carbocycles. The summed E-state index contributed by atoms with van der Waals surface area (Å²) in [4.78, 5) is 7.91. The number of hydrogen-bond acceptors (Lipinski definition) is 4. The van der Waals surface area contributed by atoms with Crippen molar-refractivity contribution in [1.29, 1.82) is 0 Å². The summed E-state index contributed by atoms with van der Waals surface area (Å²) in [7, 11) is 4.40. The molecule has 2 atom stereocenters. The van der Waals surface area contributed by atoms with Crippen LogP contribution < -0.4 is 5.32 Å². The van der Waals surface area contributed by atoms with Gasteiger partial charge >= 0.3 is 0 Å². The molecule has 1 fully saturated rings. The maximum atomic E-state index is 3.56. The van der Waals surface area contributed by atoms with E-state index in [1.807, 2.05) is 11.3 Å². The van der Waals surface area contributed by atoms with Crippen molar-refractivity contribution in [3.8, 4) is 0 Å². The van der Waals surface area contributed by atoms with Crippen LogP contribution in [0.25, 0.3) is 0 Å². The fourth-order valence-corrected chi connectivity index (χ4v) is 4.02. The van der Waals surface area contributed by atoms with Crippen molar-refractivity contribution in [2.45, 2.75) is 52.4 Å². The van der Waals surface area contributed by atoms with Crippen molar-refractivity contribution < 1.29 is 0 Å². The fourth-order valence-electron chi connectivity index (χ4n) is 3.02. The standard InChI is InChI=1S/C17H31N3S/c1-13-10-20(12-16(13)19(5)6)11-15-8-7-14(21-15)9-18-17(2,3)4/h7-8,13,16,18H,9-12H2,1-6H3. The molecule has 1 saturated heterocycles. The van der Waals surface area contributed by atoms with Crippen molar-refractivity contribution in [3.63, 3.8) is 0 Å². The Hall–Kier alpha value is -0.420. The van der Waals surface area contributed by atoms with Gasteiger partial charge in [-0.05, 0) is 52.9 Å². The average molecular weight is 310 g/mol. The monoisotopic (exact) mass is 309 g/mol. The summed E-state index contributed by atoms with van der Waals surface area (Å²) in [6.07, 6.45) is 0. The highest BCUT2D eigenvalue weighted by molar-refractivity contribution is 7.11. The fraction of sp³-hybridized carbons (Fsp3) is 0.765. The second kappa shape index (κ2) is 6.78. The Morgan fingerprint density at radius 3 is 2.48 bits per heavy atom. The molecule has 1 aliphatic heterocycles. The lowest BCUT2D eigenvalue weighted by Crippen LogP contribution is -2.34. The number of nitrogens with one attached hydrogen (secondary N) is 1. The molecule has 0 radical (unpaired) electrons. The Morgan fingerprint density at radius 1 is 1.24 bits per heavy atom. The van der Waals surface area contributed by atoms with Gasteiger partial charge in [0.2, 0.25) is 0 Å². The molecule has 1 N–H and O–H groups in total. The van der Waals surface area contributed by atoms with E-state index in [1.165, 1.54) is 22.8 Å². The molecular weight excluding hydrogens is 278 g/mol. The zero-order chi connectivity index (χ0) is 15.6. The summed E-state index contributed by atoms with van der Waals surface area (Å²) in [5.74, 6) is 0.766.